The molecule has 0 aromatic heterocycles. The Hall–Kier alpha value is -2.38. The molecule has 3 nitrogen and oxygen atoms in total. The van der Waals surface area contributed by atoms with Crippen molar-refractivity contribution in [3.8, 4) is 0 Å². The quantitative estimate of drug-likeness (QED) is 0.0682. The summed E-state index contributed by atoms with van der Waals surface area (Å²) in [6, 6.07) is 47.0. The van der Waals surface area contributed by atoms with Crippen LogP contribution >= 0.6 is 8.53 Å². The van der Waals surface area contributed by atoms with E-state index >= 15 is 0 Å². The first kappa shape index (κ1) is 32.5. The van der Waals surface area contributed by atoms with E-state index in [1.54, 1.807) is 0 Å². The maximum Gasteiger partial charge on any atom is 0.259 e. The lowest BCUT2D eigenvalue weighted by Crippen LogP contribution is -2.34. The molecule has 0 saturated carbocycles. The number of hydrogen-bond acceptors (Lipinski definition) is 3. The van der Waals surface area contributed by atoms with Gasteiger partial charge in [0.25, 0.3) is 8.53 Å². The number of hydrogen-bond donors (Lipinski definition) is 0. The van der Waals surface area contributed by atoms with Gasteiger partial charge in [0.1, 0.15) is 0 Å². The van der Waals surface area contributed by atoms with Gasteiger partial charge in [-0.25, -0.2) is 4.67 Å². The van der Waals surface area contributed by atoms with Crippen LogP contribution in [0.15, 0.2) is 121 Å². The molecule has 4 aromatic rings. The maximum absolute atomic E-state index is 6.64. The Morgan fingerprint density at radius 2 is 0.786 bits per heavy atom. The minimum absolute atomic E-state index is 0.369. The van der Waals surface area contributed by atoms with Gasteiger partial charge in [0.15, 0.2) is 0 Å². The highest BCUT2D eigenvalue weighted by Gasteiger charge is 2.27. The van der Waals surface area contributed by atoms with E-state index in [-0.39, 0.29) is 0 Å². The van der Waals surface area contributed by atoms with Crippen LogP contribution in [0.1, 0.15) is 61.0 Å². The largest absolute Gasteiger partial charge is 0.322 e. The molecule has 0 amide bonds. The summed E-state index contributed by atoms with van der Waals surface area (Å²) >= 11 is 0. The molecule has 0 atom stereocenters. The predicted molar refractivity (Wildman–Crippen MR) is 187 cm³/mol. The molecule has 0 bridgehead atoms. The first-order valence-electron chi connectivity index (χ1n) is 15.6. The third-order valence-corrected chi connectivity index (χ3v) is 14.3. The normalized spacial score (nSPS) is 13.2. The van der Waals surface area contributed by atoms with Crippen LogP contribution in [-0.2, 0) is 9.05 Å². The SMILES string of the molecule is CC(C)N(C(C)C)P(OCC[SiH2]C(c1ccccc1)c1ccccc1)OCC[SiH2]C(c1ccccc1)c1ccccc1. The highest BCUT2D eigenvalue weighted by atomic mass is 31.2. The van der Waals surface area contributed by atoms with Crippen molar-refractivity contribution in [2.24, 2.45) is 0 Å². The predicted octanol–water partition coefficient (Wildman–Crippen LogP) is 8.12. The van der Waals surface area contributed by atoms with E-state index in [1.807, 2.05) is 0 Å². The lowest BCUT2D eigenvalue weighted by molar-refractivity contribution is 0.185. The van der Waals surface area contributed by atoms with E-state index in [2.05, 4.69) is 154 Å². The fraction of sp³-hybridized carbons (Fsp3) is 0.333. The van der Waals surface area contributed by atoms with E-state index in [4.69, 9.17) is 9.05 Å². The smallest absolute Gasteiger partial charge is 0.259 e. The fourth-order valence-electron chi connectivity index (χ4n) is 5.80. The Morgan fingerprint density at radius 1 is 0.500 bits per heavy atom. The summed E-state index contributed by atoms with van der Waals surface area (Å²) in [6.07, 6.45) is 0. The number of benzene rings is 4. The van der Waals surface area contributed by atoms with Gasteiger partial charge < -0.3 is 9.05 Å². The van der Waals surface area contributed by atoms with Gasteiger partial charge in [-0.1, -0.05) is 121 Å². The zero-order valence-corrected chi connectivity index (χ0v) is 29.5. The second-order valence-corrected chi connectivity index (χ2v) is 17.2. The Bertz CT molecular complexity index is 1080. The molecular formula is C36H48NO2PSi2. The Balaban J connectivity index is 1.36. The van der Waals surface area contributed by atoms with E-state index < -0.39 is 27.6 Å². The van der Waals surface area contributed by atoms with Gasteiger partial charge in [-0.3, -0.25) is 0 Å². The van der Waals surface area contributed by atoms with Crippen LogP contribution in [0.3, 0.4) is 0 Å². The van der Waals surface area contributed by atoms with Crippen LogP contribution < -0.4 is 0 Å². The van der Waals surface area contributed by atoms with Crippen molar-refractivity contribution in [1.82, 2.24) is 4.67 Å². The van der Waals surface area contributed by atoms with Crippen molar-refractivity contribution in [3.05, 3.63) is 144 Å². The first-order chi connectivity index (χ1) is 20.5. The van der Waals surface area contributed by atoms with Crippen LogP contribution in [-0.4, -0.2) is 49.0 Å². The maximum atomic E-state index is 6.64. The highest BCUT2D eigenvalue weighted by molar-refractivity contribution is 7.44. The van der Waals surface area contributed by atoms with Gasteiger partial charge in [0.05, 0.1) is 13.2 Å². The molecule has 0 heterocycles. The first-order valence-corrected chi connectivity index (χ1v) is 20.3. The number of rotatable bonds is 17. The van der Waals surface area contributed by atoms with Gasteiger partial charge in [-0.05, 0) is 73.1 Å². The Kier molecular flexibility index (Phi) is 13.7. The summed E-state index contributed by atoms with van der Waals surface area (Å²) < 4.78 is 15.7. The molecule has 0 saturated heterocycles. The van der Waals surface area contributed by atoms with Crippen molar-refractivity contribution in [3.63, 3.8) is 0 Å². The van der Waals surface area contributed by atoms with E-state index in [0.717, 1.165) is 25.3 Å². The van der Waals surface area contributed by atoms with E-state index in [0.29, 0.717) is 23.2 Å². The summed E-state index contributed by atoms with van der Waals surface area (Å²) in [5.41, 5.74) is 6.72. The van der Waals surface area contributed by atoms with E-state index in [1.165, 1.54) is 22.3 Å². The molecule has 0 aliphatic carbocycles. The summed E-state index contributed by atoms with van der Waals surface area (Å²) in [6.45, 7) is 10.6. The standard InChI is InChI=1S/C36H48NO2PSi2/c1-29(2)37(30(3)4)40(38-25-27-41-35(31-17-9-5-10-18-31)32-19-11-6-12-20-32)39-26-28-42-36(33-21-13-7-14-22-33)34-23-15-8-16-24-34/h5-24,29-30,35-36H,25-28,41-42H2,1-4H3. The molecule has 0 aliphatic heterocycles. The average Bonchev–Trinajstić information content (AvgIpc) is 3.02. The molecule has 222 valence electrons. The molecule has 0 radical (unpaired) electrons. The van der Waals surface area contributed by atoms with Gasteiger partial charge in [0.2, 0.25) is 0 Å². The molecular weight excluding hydrogens is 566 g/mol. The molecule has 42 heavy (non-hydrogen) atoms. The second-order valence-electron chi connectivity index (χ2n) is 11.5. The molecule has 4 rings (SSSR count). The topological polar surface area (TPSA) is 21.7 Å². The summed E-state index contributed by atoms with van der Waals surface area (Å²) in [4.78, 5) is 0. The molecule has 6 heteroatoms. The number of nitrogens with zero attached hydrogens (tertiary/aromatic N) is 1. The molecule has 0 aliphatic rings. The van der Waals surface area contributed by atoms with Crippen LogP contribution in [0, 0.1) is 0 Å². The summed E-state index contributed by atoms with van der Waals surface area (Å²) in [5, 5.41) is 0. The van der Waals surface area contributed by atoms with Crippen LogP contribution in [0.2, 0.25) is 12.1 Å². The molecule has 4 aromatic carbocycles. The second kappa shape index (κ2) is 17.7. The minimum Gasteiger partial charge on any atom is -0.322 e. The van der Waals surface area contributed by atoms with E-state index in [9.17, 15) is 0 Å². The van der Waals surface area contributed by atoms with Crippen LogP contribution in [0.4, 0.5) is 0 Å². The zero-order chi connectivity index (χ0) is 29.6. The van der Waals surface area contributed by atoms with Crippen LogP contribution in [0.5, 0.6) is 0 Å². The average molecular weight is 614 g/mol. The van der Waals surface area contributed by atoms with Crippen molar-refractivity contribution >= 4 is 27.6 Å². The summed E-state index contributed by atoms with van der Waals surface area (Å²) in [7, 11) is -2.01. The third-order valence-electron chi connectivity index (χ3n) is 7.73. The monoisotopic (exact) mass is 613 g/mol. The minimum atomic E-state index is -1.10. The van der Waals surface area contributed by atoms with Gasteiger partial charge in [0, 0.05) is 31.1 Å². The van der Waals surface area contributed by atoms with Crippen molar-refractivity contribution in [2.45, 2.75) is 62.9 Å². The molecule has 0 N–H and O–H groups in total. The Morgan fingerprint density at radius 3 is 1.05 bits per heavy atom. The van der Waals surface area contributed by atoms with Gasteiger partial charge in [-0.15, -0.1) is 0 Å². The fourth-order valence-corrected chi connectivity index (χ4v) is 11.8. The lowest BCUT2D eigenvalue weighted by atomic mass is 10.0. The zero-order valence-electron chi connectivity index (χ0n) is 25.8. The van der Waals surface area contributed by atoms with Gasteiger partial charge in [-0.2, -0.15) is 0 Å². The molecule has 0 fully saturated rings. The third kappa shape index (κ3) is 9.84. The van der Waals surface area contributed by atoms with Crippen molar-refractivity contribution in [2.75, 3.05) is 13.2 Å². The lowest BCUT2D eigenvalue weighted by Gasteiger charge is -2.35. The highest BCUT2D eigenvalue weighted by Crippen LogP contribution is 2.46. The van der Waals surface area contributed by atoms with Crippen LogP contribution in [0.25, 0.3) is 0 Å². The molecule has 0 unspecified atom stereocenters. The van der Waals surface area contributed by atoms with Gasteiger partial charge >= 0.3 is 0 Å². The van der Waals surface area contributed by atoms with Crippen molar-refractivity contribution in [1.29, 1.82) is 0 Å². The summed E-state index contributed by atoms with van der Waals surface area (Å²) in [5.74, 6) is 0. The van der Waals surface area contributed by atoms with Crippen molar-refractivity contribution < 1.29 is 9.05 Å². The Labute approximate surface area is 260 Å². The molecule has 0 spiro atoms.